The van der Waals surface area contributed by atoms with E-state index in [0.717, 1.165) is 12.0 Å². The second-order valence-corrected chi connectivity index (χ2v) is 6.49. The van der Waals surface area contributed by atoms with Gasteiger partial charge in [0.15, 0.2) is 6.61 Å². The number of aryl methyl sites for hydroxylation is 1. The van der Waals surface area contributed by atoms with Crippen LogP contribution in [-0.4, -0.2) is 38.0 Å². The second kappa shape index (κ2) is 8.56. The van der Waals surface area contributed by atoms with Crippen LogP contribution in [0.4, 0.5) is 11.4 Å². The maximum atomic E-state index is 12.5. The van der Waals surface area contributed by atoms with Crippen LogP contribution < -0.4 is 15.0 Å². The van der Waals surface area contributed by atoms with Crippen molar-refractivity contribution in [1.29, 1.82) is 0 Å². The monoisotopic (exact) mass is 382 g/mol. The van der Waals surface area contributed by atoms with Crippen molar-refractivity contribution in [2.24, 2.45) is 0 Å². The first kappa shape index (κ1) is 19.4. The fraction of sp³-hybridized carbons (Fsp3) is 0.286. The van der Waals surface area contributed by atoms with Crippen LogP contribution in [-0.2, 0) is 14.3 Å². The predicted octanol–water partition coefficient (Wildman–Crippen LogP) is 2.93. The van der Waals surface area contributed by atoms with Crippen LogP contribution in [0.2, 0.25) is 0 Å². The van der Waals surface area contributed by atoms with Crippen molar-refractivity contribution < 1.29 is 23.9 Å². The maximum absolute atomic E-state index is 12.5. The molecule has 146 valence electrons. The van der Waals surface area contributed by atoms with Gasteiger partial charge in [0.05, 0.1) is 24.0 Å². The number of nitrogens with zero attached hydrogens (tertiary/aromatic N) is 1. The van der Waals surface area contributed by atoms with E-state index in [0.29, 0.717) is 30.1 Å². The Morgan fingerprint density at radius 2 is 1.96 bits per heavy atom. The highest BCUT2D eigenvalue weighted by molar-refractivity contribution is 6.04. The Morgan fingerprint density at radius 3 is 2.68 bits per heavy atom. The van der Waals surface area contributed by atoms with Crippen molar-refractivity contribution in [2.45, 2.75) is 19.8 Å². The van der Waals surface area contributed by atoms with E-state index >= 15 is 0 Å². The van der Waals surface area contributed by atoms with Gasteiger partial charge >= 0.3 is 5.97 Å². The number of benzene rings is 2. The van der Waals surface area contributed by atoms with Gasteiger partial charge in [-0.15, -0.1) is 0 Å². The largest absolute Gasteiger partial charge is 0.495 e. The maximum Gasteiger partial charge on any atom is 0.340 e. The molecule has 1 heterocycles. The molecule has 0 atom stereocenters. The number of nitrogens with one attached hydrogen (secondary N) is 1. The molecule has 0 radical (unpaired) electrons. The molecule has 0 saturated carbocycles. The van der Waals surface area contributed by atoms with Crippen molar-refractivity contribution >= 4 is 29.2 Å². The van der Waals surface area contributed by atoms with E-state index in [1.165, 1.54) is 7.11 Å². The van der Waals surface area contributed by atoms with E-state index in [9.17, 15) is 14.4 Å². The summed E-state index contributed by atoms with van der Waals surface area (Å²) in [5.41, 5.74) is 2.23. The van der Waals surface area contributed by atoms with Crippen LogP contribution >= 0.6 is 0 Å². The molecule has 0 unspecified atom stereocenters. The minimum Gasteiger partial charge on any atom is -0.495 e. The Hall–Kier alpha value is -3.35. The van der Waals surface area contributed by atoms with E-state index in [4.69, 9.17) is 9.47 Å². The van der Waals surface area contributed by atoms with Gasteiger partial charge in [-0.1, -0.05) is 18.2 Å². The number of anilines is 2. The molecule has 7 heteroatoms. The standard InChI is InChI=1S/C21H22N2O5/c1-14-9-10-18(27-2)16(12-14)22-19(24)13-28-21(26)15-6-3-4-7-17(15)23-11-5-8-20(23)25/h3-4,6-7,9-10,12H,5,8,11,13H2,1-2H3,(H,22,24). The van der Waals surface area contributed by atoms with Crippen LogP contribution in [0.25, 0.3) is 0 Å². The van der Waals surface area contributed by atoms with Crippen LogP contribution in [0.1, 0.15) is 28.8 Å². The average Bonchev–Trinajstić information content (AvgIpc) is 3.12. The molecule has 0 aliphatic carbocycles. The van der Waals surface area contributed by atoms with Gasteiger partial charge in [0.2, 0.25) is 5.91 Å². The number of hydrogen-bond donors (Lipinski definition) is 1. The lowest BCUT2D eigenvalue weighted by Gasteiger charge is -2.18. The lowest BCUT2D eigenvalue weighted by atomic mass is 10.1. The number of para-hydroxylation sites is 1. The van der Waals surface area contributed by atoms with E-state index in [1.807, 2.05) is 13.0 Å². The lowest BCUT2D eigenvalue weighted by molar-refractivity contribution is -0.119. The Labute approximate surface area is 163 Å². The zero-order valence-electron chi connectivity index (χ0n) is 15.9. The van der Waals surface area contributed by atoms with Crippen molar-refractivity contribution in [3.8, 4) is 5.75 Å². The Kier molecular flexibility index (Phi) is 5.93. The third-order valence-corrected chi connectivity index (χ3v) is 4.45. The van der Waals surface area contributed by atoms with Crippen molar-refractivity contribution in [2.75, 3.05) is 30.5 Å². The average molecular weight is 382 g/mol. The fourth-order valence-electron chi connectivity index (χ4n) is 3.10. The lowest BCUT2D eigenvalue weighted by Crippen LogP contribution is -2.27. The Morgan fingerprint density at radius 1 is 1.18 bits per heavy atom. The molecule has 0 spiro atoms. The molecule has 3 rings (SSSR count). The number of rotatable bonds is 6. The van der Waals surface area contributed by atoms with Gasteiger partial charge in [-0.2, -0.15) is 0 Å². The van der Waals surface area contributed by atoms with Gasteiger partial charge < -0.3 is 19.7 Å². The number of hydrogen-bond acceptors (Lipinski definition) is 5. The minimum absolute atomic E-state index is 0.0236. The molecule has 0 aromatic heterocycles. The molecule has 7 nitrogen and oxygen atoms in total. The topological polar surface area (TPSA) is 84.9 Å². The predicted molar refractivity (Wildman–Crippen MR) is 105 cm³/mol. The van der Waals surface area contributed by atoms with Crippen LogP contribution in [0.15, 0.2) is 42.5 Å². The normalized spacial score (nSPS) is 13.4. The zero-order chi connectivity index (χ0) is 20.1. The minimum atomic E-state index is -0.651. The Bertz CT molecular complexity index is 909. The highest BCUT2D eigenvalue weighted by Crippen LogP contribution is 2.27. The summed E-state index contributed by atoms with van der Waals surface area (Å²) < 4.78 is 10.4. The van der Waals surface area contributed by atoms with Gasteiger partial charge in [0.1, 0.15) is 5.75 Å². The highest BCUT2D eigenvalue weighted by atomic mass is 16.5. The molecule has 2 aromatic rings. The van der Waals surface area contributed by atoms with E-state index in [1.54, 1.807) is 41.3 Å². The summed E-state index contributed by atoms with van der Waals surface area (Å²) in [6.07, 6.45) is 1.22. The van der Waals surface area contributed by atoms with Gasteiger partial charge in [-0.25, -0.2) is 4.79 Å². The van der Waals surface area contributed by atoms with Crippen LogP contribution in [0.3, 0.4) is 0 Å². The third kappa shape index (κ3) is 4.31. The molecular weight excluding hydrogens is 360 g/mol. The molecule has 2 aromatic carbocycles. The number of ether oxygens (including phenoxy) is 2. The van der Waals surface area contributed by atoms with Crippen LogP contribution in [0.5, 0.6) is 5.75 Å². The first-order valence-corrected chi connectivity index (χ1v) is 9.00. The van der Waals surface area contributed by atoms with Gasteiger partial charge in [-0.05, 0) is 43.2 Å². The summed E-state index contributed by atoms with van der Waals surface area (Å²) in [7, 11) is 1.51. The third-order valence-electron chi connectivity index (χ3n) is 4.45. The molecule has 1 N–H and O–H groups in total. The summed E-state index contributed by atoms with van der Waals surface area (Å²) >= 11 is 0. The molecule has 1 fully saturated rings. The number of carbonyl (C=O) groups is 3. The smallest absolute Gasteiger partial charge is 0.340 e. The molecule has 1 aliphatic rings. The number of amides is 2. The summed E-state index contributed by atoms with van der Waals surface area (Å²) in [6.45, 7) is 2.01. The molecule has 1 saturated heterocycles. The fourth-order valence-corrected chi connectivity index (χ4v) is 3.10. The van der Waals surface area contributed by atoms with Crippen LogP contribution in [0, 0.1) is 6.92 Å². The SMILES string of the molecule is COc1ccc(C)cc1NC(=O)COC(=O)c1ccccc1N1CCCC1=O. The first-order valence-electron chi connectivity index (χ1n) is 9.00. The highest BCUT2D eigenvalue weighted by Gasteiger charge is 2.26. The number of esters is 1. The van der Waals surface area contributed by atoms with Gasteiger partial charge in [0, 0.05) is 13.0 Å². The molecule has 0 bridgehead atoms. The molecule has 28 heavy (non-hydrogen) atoms. The summed E-state index contributed by atoms with van der Waals surface area (Å²) in [5, 5.41) is 2.68. The summed E-state index contributed by atoms with van der Waals surface area (Å²) in [4.78, 5) is 38.3. The number of methoxy groups -OCH3 is 1. The van der Waals surface area contributed by atoms with Crippen molar-refractivity contribution in [1.82, 2.24) is 0 Å². The first-order chi connectivity index (χ1) is 13.5. The quantitative estimate of drug-likeness (QED) is 0.777. The van der Waals surface area contributed by atoms with E-state index in [2.05, 4.69) is 5.32 Å². The van der Waals surface area contributed by atoms with Gasteiger partial charge in [0.25, 0.3) is 5.91 Å². The van der Waals surface area contributed by atoms with Gasteiger partial charge in [-0.3, -0.25) is 9.59 Å². The number of carbonyl (C=O) groups excluding carboxylic acids is 3. The van der Waals surface area contributed by atoms with E-state index in [-0.39, 0.29) is 11.5 Å². The summed E-state index contributed by atoms with van der Waals surface area (Å²) in [6, 6.07) is 12.1. The van der Waals surface area contributed by atoms with Crippen molar-refractivity contribution in [3.63, 3.8) is 0 Å². The molecule has 2 amide bonds. The summed E-state index contributed by atoms with van der Waals surface area (Å²) in [5.74, 6) is -0.638. The molecular formula is C21H22N2O5. The molecule has 1 aliphatic heterocycles. The van der Waals surface area contributed by atoms with Crippen molar-refractivity contribution in [3.05, 3.63) is 53.6 Å². The second-order valence-electron chi connectivity index (χ2n) is 6.49. The zero-order valence-corrected chi connectivity index (χ0v) is 15.9. The Balaban J connectivity index is 1.66. The van der Waals surface area contributed by atoms with E-state index < -0.39 is 18.5 Å².